The number of aryl methyl sites for hydroxylation is 1. The maximum atomic E-state index is 13.7. The van der Waals surface area contributed by atoms with Crippen molar-refractivity contribution in [3.8, 4) is 11.4 Å². The Labute approximate surface area is 116 Å². The molecular weight excluding hydrogens is 286 g/mol. The molecule has 1 aromatic carbocycles. The SMILES string of the molecule is Cc1nc(-c2cccc3[nH]ccc23)nc(F)c1C(F)(F)F. The highest BCUT2D eigenvalue weighted by atomic mass is 19.4. The predicted molar refractivity (Wildman–Crippen MR) is 69.0 cm³/mol. The predicted octanol–water partition coefficient (Wildman–Crippen LogP) is 4.09. The van der Waals surface area contributed by atoms with Crippen LogP contribution in [0.15, 0.2) is 30.5 Å². The van der Waals surface area contributed by atoms with Gasteiger partial charge in [-0.25, -0.2) is 4.98 Å². The Hall–Kier alpha value is -2.44. The second-order valence-corrected chi connectivity index (χ2v) is 4.54. The summed E-state index contributed by atoms with van der Waals surface area (Å²) in [6.45, 7) is 1.12. The highest BCUT2D eigenvalue weighted by Gasteiger charge is 2.38. The number of aromatic amines is 1. The Bertz CT molecular complexity index is 797. The summed E-state index contributed by atoms with van der Waals surface area (Å²) in [4.78, 5) is 10.2. The first-order valence-corrected chi connectivity index (χ1v) is 6.06. The maximum absolute atomic E-state index is 13.7. The van der Waals surface area contributed by atoms with Gasteiger partial charge in [0.05, 0.1) is 5.69 Å². The molecule has 0 aliphatic carbocycles. The fourth-order valence-corrected chi connectivity index (χ4v) is 2.26. The molecule has 0 aliphatic heterocycles. The van der Waals surface area contributed by atoms with Gasteiger partial charge in [0.15, 0.2) is 5.82 Å². The molecule has 1 N–H and O–H groups in total. The number of nitrogens with zero attached hydrogens (tertiary/aromatic N) is 2. The minimum Gasteiger partial charge on any atom is -0.361 e. The van der Waals surface area contributed by atoms with E-state index in [1.54, 1.807) is 30.5 Å². The van der Waals surface area contributed by atoms with Gasteiger partial charge in [0.2, 0.25) is 5.95 Å². The van der Waals surface area contributed by atoms with E-state index in [1.165, 1.54) is 0 Å². The Morgan fingerprint density at radius 1 is 1.10 bits per heavy atom. The minimum atomic E-state index is -4.81. The average Bonchev–Trinajstić information content (AvgIpc) is 2.83. The molecule has 0 saturated heterocycles. The van der Waals surface area contributed by atoms with Crippen LogP contribution >= 0.6 is 0 Å². The fourth-order valence-electron chi connectivity index (χ4n) is 2.26. The first-order valence-electron chi connectivity index (χ1n) is 6.06. The quantitative estimate of drug-likeness (QED) is 0.542. The smallest absolute Gasteiger partial charge is 0.361 e. The first-order chi connectivity index (χ1) is 9.88. The Kier molecular flexibility index (Phi) is 2.93. The van der Waals surface area contributed by atoms with Gasteiger partial charge >= 0.3 is 6.18 Å². The number of nitrogens with one attached hydrogen (secondary N) is 1. The summed E-state index contributed by atoms with van der Waals surface area (Å²) in [6, 6.07) is 6.87. The van der Waals surface area contributed by atoms with Crippen molar-refractivity contribution in [3.05, 3.63) is 47.7 Å². The summed E-state index contributed by atoms with van der Waals surface area (Å²) >= 11 is 0. The average molecular weight is 295 g/mol. The third-order valence-electron chi connectivity index (χ3n) is 3.17. The van der Waals surface area contributed by atoms with Gasteiger partial charge in [-0.05, 0) is 19.1 Å². The van der Waals surface area contributed by atoms with Gasteiger partial charge in [-0.15, -0.1) is 0 Å². The van der Waals surface area contributed by atoms with Crippen LogP contribution in [0.25, 0.3) is 22.3 Å². The van der Waals surface area contributed by atoms with Gasteiger partial charge in [0, 0.05) is 22.7 Å². The van der Waals surface area contributed by atoms with E-state index < -0.39 is 23.4 Å². The number of fused-ring (bicyclic) bond motifs is 1. The summed E-state index contributed by atoms with van der Waals surface area (Å²) in [5, 5.41) is 0.719. The monoisotopic (exact) mass is 295 g/mol. The molecule has 0 unspecified atom stereocenters. The maximum Gasteiger partial charge on any atom is 0.422 e. The molecule has 3 aromatic rings. The zero-order chi connectivity index (χ0) is 15.2. The van der Waals surface area contributed by atoms with Crippen LogP contribution in [0.5, 0.6) is 0 Å². The van der Waals surface area contributed by atoms with Crippen LogP contribution in [-0.2, 0) is 6.18 Å². The second kappa shape index (κ2) is 4.54. The Balaban J connectivity index is 2.23. The summed E-state index contributed by atoms with van der Waals surface area (Å²) in [5.41, 5.74) is -0.608. The van der Waals surface area contributed by atoms with Crippen molar-refractivity contribution in [1.82, 2.24) is 15.0 Å². The molecule has 21 heavy (non-hydrogen) atoms. The van der Waals surface area contributed by atoms with Crippen molar-refractivity contribution in [2.24, 2.45) is 0 Å². The molecule has 108 valence electrons. The number of aromatic nitrogens is 3. The lowest BCUT2D eigenvalue weighted by Crippen LogP contribution is -2.14. The van der Waals surface area contributed by atoms with Gasteiger partial charge in [0.1, 0.15) is 5.56 Å². The van der Waals surface area contributed by atoms with Gasteiger partial charge in [0.25, 0.3) is 0 Å². The van der Waals surface area contributed by atoms with Crippen LogP contribution < -0.4 is 0 Å². The van der Waals surface area contributed by atoms with Crippen LogP contribution in [0.3, 0.4) is 0 Å². The van der Waals surface area contributed by atoms with Crippen molar-refractivity contribution in [2.75, 3.05) is 0 Å². The summed E-state index contributed by atoms with van der Waals surface area (Å²) in [5.74, 6) is -1.62. The standard InChI is InChI=1S/C14H9F4N3/c1-7-11(14(16,17)18)12(15)21-13(20-7)9-3-2-4-10-8(9)5-6-19-10/h2-6,19H,1H3. The number of rotatable bonds is 1. The van der Waals surface area contributed by atoms with E-state index in [4.69, 9.17) is 0 Å². The first kappa shape index (κ1) is 13.5. The van der Waals surface area contributed by atoms with Crippen LogP contribution in [0, 0.1) is 12.9 Å². The molecule has 0 saturated carbocycles. The van der Waals surface area contributed by atoms with Crippen LogP contribution in [-0.4, -0.2) is 15.0 Å². The Morgan fingerprint density at radius 2 is 1.86 bits per heavy atom. The molecule has 0 atom stereocenters. The van der Waals surface area contributed by atoms with E-state index in [0.29, 0.717) is 5.56 Å². The molecule has 0 fully saturated rings. The topological polar surface area (TPSA) is 41.6 Å². The van der Waals surface area contributed by atoms with E-state index in [1.807, 2.05) is 0 Å². The highest BCUT2D eigenvalue weighted by molar-refractivity contribution is 5.93. The molecule has 0 amide bonds. The van der Waals surface area contributed by atoms with Gasteiger partial charge in [-0.2, -0.15) is 22.5 Å². The van der Waals surface area contributed by atoms with E-state index in [0.717, 1.165) is 17.8 Å². The van der Waals surface area contributed by atoms with Crippen LogP contribution in [0.2, 0.25) is 0 Å². The normalized spacial score (nSPS) is 12.0. The number of benzene rings is 1. The van der Waals surface area contributed by atoms with Crippen molar-refractivity contribution in [2.45, 2.75) is 13.1 Å². The van der Waals surface area contributed by atoms with Gasteiger partial charge in [-0.3, -0.25) is 0 Å². The summed E-state index contributed by atoms with van der Waals surface area (Å²) < 4.78 is 51.9. The number of hydrogen-bond donors (Lipinski definition) is 1. The van der Waals surface area contributed by atoms with Crippen molar-refractivity contribution in [3.63, 3.8) is 0 Å². The van der Waals surface area contributed by atoms with Gasteiger partial charge in [-0.1, -0.05) is 12.1 Å². The number of alkyl halides is 3. The number of halogens is 4. The summed E-state index contributed by atoms with van der Waals surface area (Å²) in [6.07, 6.45) is -3.13. The molecule has 3 rings (SSSR count). The minimum absolute atomic E-state index is 0.0665. The highest BCUT2D eigenvalue weighted by Crippen LogP contribution is 2.34. The van der Waals surface area contributed by atoms with Crippen LogP contribution in [0.1, 0.15) is 11.3 Å². The van der Waals surface area contributed by atoms with Crippen LogP contribution in [0.4, 0.5) is 17.6 Å². The van der Waals surface area contributed by atoms with Crippen molar-refractivity contribution < 1.29 is 17.6 Å². The molecule has 0 bridgehead atoms. The molecule has 7 heteroatoms. The van der Waals surface area contributed by atoms with E-state index in [2.05, 4.69) is 15.0 Å². The number of H-pyrrole nitrogens is 1. The zero-order valence-corrected chi connectivity index (χ0v) is 10.8. The number of hydrogen-bond acceptors (Lipinski definition) is 2. The molecule has 3 nitrogen and oxygen atoms in total. The largest absolute Gasteiger partial charge is 0.422 e. The lowest BCUT2D eigenvalue weighted by Gasteiger charge is -2.11. The summed E-state index contributed by atoms with van der Waals surface area (Å²) in [7, 11) is 0. The van der Waals surface area contributed by atoms with E-state index >= 15 is 0 Å². The lowest BCUT2D eigenvalue weighted by molar-refractivity contribution is -0.141. The lowest BCUT2D eigenvalue weighted by atomic mass is 10.1. The second-order valence-electron chi connectivity index (χ2n) is 4.54. The zero-order valence-electron chi connectivity index (χ0n) is 10.8. The molecule has 2 heterocycles. The van der Waals surface area contributed by atoms with E-state index in [9.17, 15) is 17.6 Å². The Morgan fingerprint density at radius 3 is 2.52 bits per heavy atom. The molecule has 0 spiro atoms. The third-order valence-corrected chi connectivity index (χ3v) is 3.17. The van der Waals surface area contributed by atoms with Crippen molar-refractivity contribution in [1.29, 1.82) is 0 Å². The molecule has 0 radical (unpaired) electrons. The fraction of sp³-hybridized carbons (Fsp3) is 0.143. The van der Waals surface area contributed by atoms with Gasteiger partial charge < -0.3 is 4.98 Å². The molecule has 2 aromatic heterocycles. The van der Waals surface area contributed by atoms with E-state index in [-0.39, 0.29) is 5.82 Å². The third kappa shape index (κ3) is 2.24. The van der Waals surface area contributed by atoms with Crippen molar-refractivity contribution >= 4 is 10.9 Å². The molecular formula is C14H9F4N3. The molecule has 0 aliphatic rings.